The molecule has 1 aromatic heterocycles. The molecule has 1 heterocycles. The molecule has 0 spiro atoms. The molecule has 0 atom stereocenters. The van der Waals surface area contributed by atoms with E-state index in [1.54, 1.807) is 23.7 Å². The van der Waals surface area contributed by atoms with E-state index in [0.29, 0.717) is 11.3 Å². The molecule has 0 saturated carbocycles. The van der Waals surface area contributed by atoms with Crippen LogP contribution in [0.3, 0.4) is 0 Å². The zero-order valence-corrected chi connectivity index (χ0v) is 14.8. The smallest absolute Gasteiger partial charge is 0.411 e. The van der Waals surface area contributed by atoms with Gasteiger partial charge in [0.2, 0.25) is 0 Å². The number of rotatable bonds is 5. The number of nitrogens with one attached hydrogen (secondary N) is 3. The van der Waals surface area contributed by atoms with E-state index >= 15 is 0 Å². The summed E-state index contributed by atoms with van der Waals surface area (Å²) >= 11 is 0. The molecule has 9 nitrogen and oxygen atoms in total. The lowest BCUT2D eigenvalue weighted by molar-refractivity contribution is -0.122. The maximum absolute atomic E-state index is 12.0. The molecule has 9 heteroatoms. The van der Waals surface area contributed by atoms with Crippen LogP contribution in [0.2, 0.25) is 0 Å². The van der Waals surface area contributed by atoms with E-state index in [1.165, 1.54) is 12.1 Å². The standard InChI is InChI=1S/C17H21N5O4/c1-4-26-17(25)18-14-7-5-13(6-8-14)16(24)20-19-15(23)10-22-12(3)9-11(2)21-22/h5-9H,4,10H2,1-3H3,(H,18,25)(H,19,23)(H,20,24). The number of carbonyl (C=O) groups excluding carboxylic acids is 3. The van der Waals surface area contributed by atoms with Crippen molar-refractivity contribution in [2.24, 2.45) is 0 Å². The van der Waals surface area contributed by atoms with Gasteiger partial charge in [0.15, 0.2) is 0 Å². The summed E-state index contributed by atoms with van der Waals surface area (Å²) < 4.78 is 6.31. The minimum Gasteiger partial charge on any atom is -0.450 e. The zero-order chi connectivity index (χ0) is 19.1. The highest BCUT2D eigenvalue weighted by molar-refractivity contribution is 5.96. The molecule has 0 aliphatic rings. The zero-order valence-electron chi connectivity index (χ0n) is 14.8. The van der Waals surface area contributed by atoms with Crippen LogP contribution >= 0.6 is 0 Å². The number of carbonyl (C=O) groups is 3. The van der Waals surface area contributed by atoms with Gasteiger partial charge >= 0.3 is 6.09 Å². The van der Waals surface area contributed by atoms with E-state index < -0.39 is 17.9 Å². The minimum atomic E-state index is -0.568. The number of hydrogen-bond acceptors (Lipinski definition) is 5. The molecule has 3 amide bonds. The van der Waals surface area contributed by atoms with Crippen molar-refractivity contribution < 1.29 is 19.1 Å². The quantitative estimate of drug-likeness (QED) is 0.701. The third kappa shape index (κ3) is 5.33. The normalized spacial score (nSPS) is 10.1. The summed E-state index contributed by atoms with van der Waals surface area (Å²) in [4.78, 5) is 35.3. The van der Waals surface area contributed by atoms with Gasteiger partial charge in [-0.05, 0) is 51.1 Å². The summed E-state index contributed by atoms with van der Waals surface area (Å²) in [5.41, 5.74) is 7.16. The second kappa shape index (κ2) is 8.65. The number of amides is 3. The fourth-order valence-corrected chi connectivity index (χ4v) is 2.20. The molecular formula is C17H21N5O4. The van der Waals surface area contributed by atoms with Crippen molar-refractivity contribution in [3.8, 4) is 0 Å². The Bertz CT molecular complexity index is 798. The fourth-order valence-electron chi connectivity index (χ4n) is 2.20. The highest BCUT2D eigenvalue weighted by Gasteiger charge is 2.10. The largest absolute Gasteiger partial charge is 0.450 e. The highest BCUT2D eigenvalue weighted by atomic mass is 16.5. The van der Waals surface area contributed by atoms with Crippen LogP contribution in [0.15, 0.2) is 30.3 Å². The van der Waals surface area contributed by atoms with Crippen molar-refractivity contribution in [2.75, 3.05) is 11.9 Å². The van der Waals surface area contributed by atoms with Crippen LogP contribution in [0.25, 0.3) is 0 Å². The maximum Gasteiger partial charge on any atom is 0.411 e. The predicted octanol–water partition coefficient (Wildman–Crippen LogP) is 1.53. The Hall–Kier alpha value is -3.36. The summed E-state index contributed by atoms with van der Waals surface area (Å²) in [5, 5.41) is 6.70. The van der Waals surface area contributed by atoms with Gasteiger partial charge in [0.25, 0.3) is 11.8 Å². The number of hydrazine groups is 1. The first kappa shape index (κ1) is 19.0. The molecule has 0 fully saturated rings. The van der Waals surface area contributed by atoms with Crippen LogP contribution in [0, 0.1) is 13.8 Å². The first-order valence-electron chi connectivity index (χ1n) is 8.03. The summed E-state index contributed by atoms with van der Waals surface area (Å²) in [5.74, 6) is -0.875. The van der Waals surface area contributed by atoms with Gasteiger partial charge in [0.05, 0.1) is 12.3 Å². The van der Waals surface area contributed by atoms with Crippen molar-refractivity contribution in [3.63, 3.8) is 0 Å². The molecule has 0 unspecified atom stereocenters. The summed E-state index contributed by atoms with van der Waals surface area (Å²) in [6, 6.07) is 8.01. The van der Waals surface area contributed by atoms with Crippen molar-refractivity contribution in [1.29, 1.82) is 0 Å². The molecule has 0 aliphatic carbocycles. The van der Waals surface area contributed by atoms with Crippen LogP contribution in [0.5, 0.6) is 0 Å². The molecule has 0 radical (unpaired) electrons. The first-order chi connectivity index (χ1) is 12.4. The van der Waals surface area contributed by atoms with E-state index in [-0.39, 0.29) is 13.2 Å². The van der Waals surface area contributed by atoms with E-state index in [2.05, 4.69) is 21.3 Å². The van der Waals surface area contributed by atoms with Crippen LogP contribution < -0.4 is 16.2 Å². The lowest BCUT2D eigenvalue weighted by atomic mass is 10.2. The number of aryl methyl sites for hydroxylation is 2. The lowest BCUT2D eigenvalue weighted by Gasteiger charge is -2.09. The number of ether oxygens (including phenoxy) is 1. The van der Waals surface area contributed by atoms with Crippen molar-refractivity contribution >= 4 is 23.6 Å². The third-order valence-electron chi connectivity index (χ3n) is 3.38. The number of nitrogens with zero attached hydrogens (tertiary/aromatic N) is 2. The monoisotopic (exact) mass is 359 g/mol. The van der Waals surface area contributed by atoms with Gasteiger partial charge in [-0.25, -0.2) is 4.79 Å². The number of aromatic nitrogens is 2. The first-order valence-corrected chi connectivity index (χ1v) is 8.03. The molecule has 2 rings (SSSR count). The van der Waals surface area contributed by atoms with Crippen molar-refractivity contribution in [3.05, 3.63) is 47.3 Å². The second-order valence-electron chi connectivity index (χ2n) is 5.51. The molecule has 3 N–H and O–H groups in total. The maximum atomic E-state index is 12.0. The van der Waals surface area contributed by atoms with E-state index in [0.717, 1.165) is 11.4 Å². The van der Waals surface area contributed by atoms with Gasteiger partial charge in [0.1, 0.15) is 6.54 Å². The van der Waals surface area contributed by atoms with Crippen LogP contribution in [0.4, 0.5) is 10.5 Å². The average molecular weight is 359 g/mol. The summed E-state index contributed by atoms with van der Waals surface area (Å²) in [6.07, 6.45) is -0.568. The van der Waals surface area contributed by atoms with E-state index in [1.807, 2.05) is 19.9 Å². The van der Waals surface area contributed by atoms with Gasteiger partial charge < -0.3 is 4.74 Å². The lowest BCUT2D eigenvalue weighted by Crippen LogP contribution is -2.43. The molecular weight excluding hydrogens is 338 g/mol. The number of anilines is 1. The second-order valence-corrected chi connectivity index (χ2v) is 5.51. The predicted molar refractivity (Wildman–Crippen MR) is 94.4 cm³/mol. The van der Waals surface area contributed by atoms with Crippen molar-refractivity contribution in [2.45, 2.75) is 27.3 Å². The molecule has 0 bridgehead atoms. The van der Waals surface area contributed by atoms with Crippen LogP contribution in [-0.4, -0.2) is 34.3 Å². The van der Waals surface area contributed by atoms with Crippen LogP contribution in [-0.2, 0) is 16.1 Å². The van der Waals surface area contributed by atoms with Gasteiger partial charge in [0, 0.05) is 16.9 Å². The van der Waals surface area contributed by atoms with Gasteiger partial charge in [-0.3, -0.25) is 30.4 Å². The minimum absolute atomic E-state index is 0.00233. The molecule has 2 aromatic rings. The Kier molecular flexibility index (Phi) is 6.31. The van der Waals surface area contributed by atoms with Crippen molar-refractivity contribution in [1.82, 2.24) is 20.6 Å². The molecule has 1 aromatic carbocycles. The SMILES string of the molecule is CCOC(=O)Nc1ccc(C(=O)NNC(=O)Cn2nc(C)cc2C)cc1. The fraction of sp³-hybridized carbons (Fsp3) is 0.294. The Balaban J connectivity index is 1.84. The van der Waals surface area contributed by atoms with Gasteiger partial charge in [-0.2, -0.15) is 5.10 Å². The summed E-state index contributed by atoms with van der Waals surface area (Å²) in [7, 11) is 0. The molecule has 26 heavy (non-hydrogen) atoms. The van der Waals surface area contributed by atoms with E-state index in [4.69, 9.17) is 4.74 Å². The third-order valence-corrected chi connectivity index (χ3v) is 3.38. The van der Waals surface area contributed by atoms with E-state index in [9.17, 15) is 14.4 Å². The number of hydrogen-bond donors (Lipinski definition) is 3. The molecule has 0 saturated heterocycles. The average Bonchev–Trinajstić information content (AvgIpc) is 2.90. The highest BCUT2D eigenvalue weighted by Crippen LogP contribution is 2.09. The Morgan fingerprint density at radius 1 is 1.12 bits per heavy atom. The summed E-state index contributed by atoms with van der Waals surface area (Å²) in [6.45, 7) is 5.66. The van der Waals surface area contributed by atoms with Gasteiger partial charge in [-0.1, -0.05) is 0 Å². The molecule has 0 aliphatic heterocycles. The van der Waals surface area contributed by atoms with Crippen LogP contribution in [0.1, 0.15) is 28.7 Å². The molecule has 138 valence electrons. The Morgan fingerprint density at radius 3 is 2.38 bits per heavy atom. The Morgan fingerprint density at radius 2 is 1.81 bits per heavy atom. The topological polar surface area (TPSA) is 114 Å². The van der Waals surface area contributed by atoms with Gasteiger partial charge in [-0.15, -0.1) is 0 Å². The Labute approximate surface area is 150 Å². The number of benzene rings is 1.